The van der Waals surface area contributed by atoms with E-state index in [1.165, 1.54) is 0 Å². The minimum absolute atomic E-state index is 0.0284. The normalized spacial score (nSPS) is 23.3. The molecular weight excluding hydrogens is 500 g/mol. The van der Waals surface area contributed by atoms with Gasteiger partial charge in [-0.3, -0.25) is 24.0 Å². The molecule has 12 heteroatoms. The lowest BCUT2D eigenvalue weighted by atomic mass is 9.98. The zero-order valence-corrected chi connectivity index (χ0v) is 22.1. The summed E-state index contributed by atoms with van der Waals surface area (Å²) in [5.41, 5.74) is 0. The van der Waals surface area contributed by atoms with E-state index in [9.17, 15) is 24.0 Å². The minimum atomic E-state index is -1.56. The average Bonchev–Trinajstić information content (AvgIpc) is 2.82. The zero-order chi connectivity index (χ0) is 27.1. The molecule has 0 radical (unpaired) electrons. The van der Waals surface area contributed by atoms with Crippen LogP contribution in [0.3, 0.4) is 0 Å². The molecule has 0 aromatic rings. The van der Waals surface area contributed by atoms with Gasteiger partial charge < -0.3 is 28.4 Å². The van der Waals surface area contributed by atoms with Gasteiger partial charge in [0.1, 0.15) is 18.6 Å². The number of alkyl halides is 1. The third-order valence-electron chi connectivity index (χ3n) is 4.98. The molecule has 1 unspecified atom stereocenters. The fourth-order valence-electron chi connectivity index (χ4n) is 3.37. The number of hydrogen-bond donors (Lipinski definition) is 0. The summed E-state index contributed by atoms with van der Waals surface area (Å²) in [4.78, 5) is 61.4. The maximum Gasteiger partial charge on any atom is 0.323 e. The van der Waals surface area contributed by atoms with E-state index in [-0.39, 0.29) is 25.7 Å². The molecule has 1 heterocycles. The van der Waals surface area contributed by atoms with E-state index in [1.807, 2.05) is 0 Å². The lowest BCUT2D eigenvalue weighted by Gasteiger charge is -2.43. The van der Waals surface area contributed by atoms with Crippen molar-refractivity contribution in [2.24, 2.45) is 0 Å². The second-order valence-corrected chi connectivity index (χ2v) is 8.48. The Labute approximate surface area is 216 Å². The van der Waals surface area contributed by atoms with E-state index in [4.69, 9.17) is 40.0 Å². The van der Waals surface area contributed by atoms with Crippen LogP contribution in [0, 0.1) is 0 Å². The van der Waals surface area contributed by atoms with Crippen molar-refractivity contribution in [1.29, 1.82) is 0 Å². The van der Waals surface area contributed by atoms with E-state index in [1.54, 1.807) is 27.7 Å². The van der Waals surface area contributed by atoms with E-state index in [0.29, 0.717) is 25.7 Å². The molecule has 1 fully saturated rings. The Hall–Kier alpha value is -2.40. The topological polar surface area (TPSA) is 141 Å². The van der Waals surface area contributed by atoms with Gasteiger partial charge in [0, 0.05) is 25.7 Å². The van der Waals surface area contributed by atoms with Crippen LogP contribution in [-0.2, 0) is 52.4 Å². The van der Waals surface area contributed by atoms with Gasteiger partial charge in [0.15, 0.2) is 12.2 Å². The summed E-state index contributed by atoms with van der Waals surface area (Å²) in [7, 11) is 0. The van der Waals surface area contributed by atoms with E-state index in [0.717, 1.165) is 0 Å². The van der Waals surface area contributed by atoms with Crippen LogP contribution in [0.4, 0.5) is 0 Å². The second kappa shape index (κ2) is 17.1. The zero-order valence-electron chi connectivity index (χ0n) is 21.3. The lowest BCUT2D eigenvalue weighted by Crippen LogP contribution is -2.63. The minimum Gasteiger partial charge on any atom is -0.463 e. The predicted molar refractivity (Wildman–Crippen MR) is 126 cm³/mol. The highest BCUT2D eigenvalue weighted by Gasteiger charge is 2.54. The molecule has 0 aromatic carbocycles. The molecule has 1 rings (SSSR count). The van der Waals surface area contributed by atoms with Crippen LogP contribution in [0.25, 0.3) is 0 Å². The van der Waals surface area contributed by atoms with Gasteiger partial charge >= 0.3 is 29.8 Å². The fraction of sp³-hybridized carbons (Fsp3) is 0.792. The number of halogens is 1. The van der Waals surface area contributed by atoms with Crippen molar-refractivity contribution < 1.29 is 52.4 Å². The maximum atomic E-state index is 12.5. The van der Waals surface area contributed by atoms with Crippen LogP contribution in [0.15, 0.2) is 0 Å². The van der Waals surface area contributed by atoms with Crippen molar-refractivity contribution in [2.45, 2.75) is 110 Å². The van der Waals surface area contributed by atoms with Crippen molar-refractivity contribution in [3.05, 3.63) is 0 Å². The Balaban J connectivity index is 3.44. The van der Waals surface area contributed by atoms with Crippen LogP contribution in [0.5, 0.6) is 0 Å². The van der Waals surface area contributed by atoms with E-state index in [2.05, 4.69) is 0 Å². The predicted octanol–water partition coefficient (Wildman–Crippen LogP) is 2.97. The van der Waals surface area contributed by atoms with Gasteiger partial charge in [0.2, 0.25) is 12.4 Å². The summed E-state index contributed by atoms with van der Waals surface area (Å²) in [6, 6.07) is 0. The van der Waals surface area contributed by atoms with Crippen molar-refractivity contribution in [1.82, 2.24) is 0 Å². The van der Waals surface area contributed by atoms with Gasteiger partial charge in [-0.05, 0) is 25.7 Å². The molecule has 0 aliphatic carbocycles. The Kier molecular flexibility index (Phi) is 15.0. The smallest absolute Gasteiger partial charge is 0.323 e. The number of esters is 5. The van der Waals surface area contributed by atoms with Crippen molar-refractivity contribution >= 4 is 41.4 Å². The summed E-state index contributed by atoms with van der Waals surface area (Å²) in [5, 5.41) is 0. The molecule has 1 aliphatic heterocycles. The highest BCUT2D eigenvalue weighted by Crippen LogP contribution is 2.31. The van der Waals surface area contributed by atoms with Crippen molar-refractivity contribution in [3.63, 3.8) is 0 Å². The van der Waals surface area contributed by atoms with Crippen molar-refractivity contribution in [2.75, 3.05) is 12.5 Å². The monoisotopic (exact) mass is 536 g/mol. The molecule has 0 N–H and O–H groups in total. The molecule has 0 amide bonds. The highest BCUT2D eigenvalue weighted by atomic mass is 35.5. The summed E-state index contributed by atoms with van der Waals surface area (Å²) >= 11 is 5.58. The summed E-state index contributed by atoms with van der Waals surface area (Å²) in [5.74, 6) is -3.88. The standard InChI is InChI=1S/C24H37ClO11/c1-5-9-16(26)31-14-15-21(33-17(27)10-6-2)22(34-18(28)11-7-3)23(35-19(29)12-8-4)24(32-15)36-20(30)13-25/h15,21-24H,5-14H2,1-4H3/t15-,21-,22+,23-,24?/m1/s1. The van der Waals surface area contributed by atoms with Gasteiger partial charge in [-0.15, -0.1) is 11.6 Å². The average molecular weight is 537 g/mol. The molecular formula is C24H37ClO11. The maximum absolute atomic E-state index is 12.5. The van der Waals surface area contributed by atoms with Crippen LogP contribution < -0.4 is 0 Å². The van der Waals surface area contributed by atoms with Crippen LogP contribution >= 0.6 is 11.6 Å². The molecule has 1 saturated heterocycles. The Bertz CT molecular complexity index is 742. The van der Waals surface area contributed by atoms with Gasteiger partial charge in [-0.1, -0.05) is 27.7 Å². The summed E-state index contributed by atoms with van der Waals surface area (Å²) in [6.07, 6.45) is -4.72. The molecule has 206 valence electrons. The number of carbonyl (C=O) groups is 5. The number of rotatable bonds is 15. The van der Waals surface area contributed by atoms with Gasteiger partial charge in [0.05, 0.1) is 0 Å². The van der Waals surface area contributed by atoms with Crippen LogP contribution in [0.2, 0.25) is 0 Å². The molecule has 1 aliphatic rings. The molecule has 36 heavy (non-hydrogen) atoms. The number of hydrogen-bond acceptors (Lipinski definition) is 11. The highest BCUT2D eigenvalue weighted by molar-refractivity contribution is 6.26. The number of carbonyl (C=O) groups excluding carboxylic acids is 5. The molecule has 0 aromatic heterocycles. The molecule has 0 bridgehead atoms. The number of ether oxygens (including phenoxy) is 6. The first-order valence-electron chi connectivity index (χ1n) is 12.3. The molecule has 0 spiro atoms. The first kappa shape index (κ1) is 31.6. The quantitative estimate of drug-likeness (QED) is 0.173. The fourth-order valence-corrected chi connectivity index (χ4v) is 3.43. The Morgan fingerprint density at radius 3 is 1.53 bits per heavy atom. The van der Waals surface area contributed by atoms with E-state index < -0.39 is 73.0 Å². The summed E-state index contributed by atoms with van der Waals surface area (Å²) < 4.78 is 33.0. The summed E-state index contributed by atoms with van der Waals surface area (Å²) in [6.45, 7) is 6.71. The Morgan fingerprint density at radius 1 is 0.611 bits per heavy atom. The third-order valence-corrected chi connectivity index (χ3v) is 5.19. The molecule has 11 nitrogen and oxygen atoms in total. The molecule has 5 atom stereocenters. The van der Waals surface area contributed by atoms with E-state index >= 15 is 0 Å². The van der Waals surface area contributed by atoms with Gasteiger partial charge in [-0.2, -0.15) is 0 Å². The SMILES string of the molecule is CCCC(=O)OC[C@H]1OC(OC(=O)CCl)[C@H](OC(=O)CCC)[C@@H](OC(=O)CCC)[C@@H]1OC(=O)CCC. The van der Waals surface area contributed by atoms with Gasteiger partial charge in [0.25, 0.3) is 0 Å². The lowest BCUT2D eigenvalue weighted by molar-refractivity contribution is -0.301. The Morgan fingerprint density at radius 2 is 1.06 bits per heavy atom. The first-order valence-corrected chi connectivity index (χ1v) is 12.9. The van der Waals surface area contributed by atoms with Gasteiger partial charge in [-0.25, -0.2) is 0 Å². The largest absolute Gasteiger partial charge is 0.463 e. The first-order chi connectivity index (χ1) is 17.2. The third kappa shape index (κ3) is 10.7. The van der Waals surface area contributed by atoms with Crippen molar-refractivity contribution in [3.8, 4) is 0 Å². The van der Waals surface area contributed by atoms with Crippen LogP contribution in [0.1, 0.15) is 79.1 Å². The van der Waals surface area contributed by atoms with Crippen LogP contribution in [-0.4, -0.2) is 73.0 Å². The second-order valence-electron chi connectivity index (χ2n) is 8.21. The molecule has 0 saturated carbocycles.